The van der Waals surface area contributed by atoms with Gasteiger partial charge < -0.3 is 5.11 Å². The molecule has 0 saturated heterocycles. The Hall–Kier alpha value is -2.42. The van der Waals surface area contributed by atoms with Crippen LogP contribution in [0.2, 0.25) is 39.3 Å². The maximum Gasteiger partial charge on any atom is 0.162 e. The second kappa shape index (κ2) is 19.3. The molecule has 1 aliphatic rings. The third kappa shape index (κ3) is 10.9. The Bertz CT molecular complexity index is 2160. The van der Waals surface area contributed by atoms with E-state index < -0.39 is 16.1 Å². The Morgan fingerprint density at radius 3 is 1.91 bits per heavy atom. The summed E-state index contributed by atoms with van der Waals surface area (Å²) in [5, 5.41) is 18.7. The van der Waals surface area contributed by atoms with E-state index >= 15 is 0 Å². The Morgan fingerprint density at radius 2 is 1.35 bits per heavy atom. The van der Waals surface area contributed by atoms with Crippen LogP contribution in [0.25, 0.3) is 42.2 Å². The molecule has 2 heterocycles. The van der Waals surface area contributed by atoms with Gasteiger partial charge in [-0.3, -0.25) is 9.78 Å². The molecule has 1 saturated carbocycles. The van der Waals surface area contributed by atoms with Crippen LogP contribution in [0.1, 0.15) is 99.0 Å². The number of nitrogens with zero attached hydrogens (tertiary/aromatic N) is 1. The summed E-state index contributed by atoms with van der Waals surface area (Å²) < 4.78 is 2.78. The van der Waals surface area contributed by atoms with E-state index in [9.17, 15) is 9.90 Å². The van der Waals surface area contributed by atoms with Gasteiger partial charge in [-0.15, -0.1) is 40.1 Å². The summed E-state index contributed by atoms with van der Waals surface area (Å²) in [7, 11) is -3.16. The van der Waals surface area contributed by atoms with Crippen LogP contribution >= 0.6 is 11.3 Å². The number of aliphatic hydroxyl groups excluding tert-OH is 1. The first-order chi connectivity index (χ1) is 26.2. The van der Waals surface area contributed by atoms with Gasteiger partial charge in [0.25, 0.3) is 0 Å². The number of carbonyl (C=O) groups is 1. The summed E-state index contributed by atoms with van der Waals surface area (Å²) >= 11 is 1.96. The van der Waals surface area contributed by atoms with Crippen molar-refractivity contribution in [3.05, 3.63) is 78.2 Å². The van der Waals surface area contributed by atoms with E-state index in [0.717, 1.165) is 17.2 Å². The maximum atomic E-state index is 12.3. The molecule has 0 spiro atoms. The van der Waals surface area contributed by atoms with E-state index in [1.165, 1.54) is 79.5 Å². The molecular weight excluding hydrogens is 927 g/mol. The number of benzene rings is 3. The number of ketones is 1. The molecule has 7 heteroatoms. The fourth-order valence-electron chi connectivity index (χ4n) is 9.45. The molecule has 0 amide bonds. The summed E-state index contributed by atoms with van der Waals surface area (Å²) in [6.07, 6.45) is 10.5. The fourth-order valence-corrected chi connectivity index (χ4v) is 13.9. The van der Waals surface area contributed by atoms with Gasteiger partial charge in [-0.05, 0) is 70.0 Å². The van der Waals surface area contributed by atoms with Gasteiger partial charge in [-0.1, -0.05) is 155 Å². The molecule has 5 aromatic rings. The smallest absolute Gasteiger partial charge is 0.162 e. The van der Waals surface area contributed by atoms with Crippen LogP contribution in [0.5, 0.6) is 0 Å². The number of aromatic nitrogens is 1. The molecule has 57 heavy (non-hydrogen) atoms. The first-order valence-corrected chi connectivity index (χ1v) is 29.3. The molecule has 2 aromatic heterocycles. The Morgan fingerprint density at radius 1 is 0.772 bits per heavy atom. The maximum absolute atomic E-state index is 12.3. The number of carbonyl (C=O) groups excluding carboxylic acids is 1. The van der Waals surface area contributed by atoms with Gasteiger partial charge in [0.2, 0.25) is 0 Å². The molecule has 0 aliphatic heterocycles. The van der Waals surface area contributed by atoms with Crippen molar-refractivity contribution >= 4 is 74.6 Å². The van der Waals surface area contributed by atoms with E-state index in [4.69, 9.17) is 4.98 Å². The number of thiophene rings is 1. The van der Waals surface area contributed by atoms with Gasteiger partial charge in [-0.2, -0.15) is 0 Å². The zero-order chi connectivity index (χ0) is 41.3. The zero-order valence-electron chi connectivity index (χ0n) is 37.4. The minimum absolute atomic E-state index is 0. The topological polar surface area (TPSA) is 50.2 Å². The van der Waals surface area contributed by atoms with Gasteiger partial charge >= 0.3 is 0 Å². The molecule has 3 aromatic carbocycles. The van der Waals surface area contributed by atoms with Crippen LogP contribution in [0, 0.1) is 41.6 Å². The van der Waals surface area contributed by atoms with Crippen LogP contribution in [0.15, 0.2) is 66.6 Å². The summed E-state index contributed by atoms with van der Waals surface area (Å²) in [6, 6.07) is 22.4. The van der Waals surface area contributed by atoms with Crippen LogP contribution in [0.3, 0.4) is 0 Å². The summed E-state index contributed by atoms with van der Waals surface area (Å²) in [6.45, 7) is 31.3. The fraction of sp³-hybridized carbons (Fsp3) is 0.520. The second-order valence-corrected chi connectivity index (χ2v) is 31.2. The van der Waals surface area contributed by atoms with Crippen molar-refractivity contribution in [3.63, 3.8) is 0 Å². The normalized spacial score (nSPS) is 14.8. The van der Waals surface area contributed by atoms with Gasteiger partial charge in [-0.25, -0.2) is 0 Å². The average Bonchev–Trinajstić information content (AvgIpc) is 3.48. The summed E-state index contributed by atoms with van der Waals surface area (Å²) in [4.78, 5) is 17.6. The Kier molecular flexibility index (Phi) is 16.0. The predicted molar refractivity (Wildman–Crippen MR) is 253 cm³/mol. The van der Waals surface area contributed by atoms with Crippen LogP contribution in [-0.2, 0) is 24.9 Å². The molecule has 0 bridgehead atoms. The average molecular weight is 998 g/mol. The van der Waals surface area contributed by atoms with E-state index in [-0.39, 0.29) is 43.5 Å². The molecule has 1 aliphatic carbocycles. The van der Waals surface area contributed by atoms with Crippen molar-refractivity contribution in [2.24, 2.45) is 35.5 Å². The summed E-state index contributed by atoms with van der Waals surface area (Å²) in [5.41, 5.74) is 3.81. The van der Waals surface area contributed by atoms with Crippen molar-refractivity contribution in [2.45, 2.75) is 133 Å². The van der Waals surface area contributed by atoms with Gasteiger partial charge in [0.15, 0.2) is 5.78 Å². The van der Waals surface area contributed by atoms with Crippen molar-refractivity contribution in [1.82, 2.24) is 4.98 Å². The van der Waals surface area contributed by atoms with Crippen molar-refractivity contribution in [1.29, 1.82) is 0 Å². The third-order valence-corrected chi connectivity index (χ3v) is 17.3. The largest absolute Gasteiger partial charge is 0.512 e. The first kappa shape index (κ1) is 47.3. The minimum Gasteiger partial charge on any atom is -0.512 e. The van der Waals surface area contributed by atoms with Crippen molar-refractivity contribution < 1.29 is 30.0 Å². The quantitative estimate of drug-likeness (QED) is 0.0621. The second-order valence-electron chi connectivity index (χ2n) is 20.1. The van der Waals surface area contributed by atoms with Gasteiger partial charge in [0, 0.05) is 59.3 Å². The molecular formula is C50H70IrNO2SSi2-. The van der Waals surface area contributed by atoms with Gasteiger partial charge in [0.05, 0.1) is 21.9 Å². The number of aliphatic hydroxyl groups is 1. The van der Waals surface area contributed by atoms with Crippen LogP contribution in [-0.4, -0.2) is 32.0 Å². The van der Waals surface area contributed by atoms with Crippen molar-refractivity contribution in [3.8, 4) is 11.3 Å². The van der Waals surface area contributed by atoms with E-state index in [0.29, 0.717) is 23.7 Å². The minimum atomic E-state index is -1.59. The molecule has 0 atom stereocenters. The van der Waals surface area contributed by atoms with Crippen molar-refractivity contribution in [2.75, 3.05) is 0 Å². The molecule has 1 radical (unpaired) electrons. The molecule has 0 unspecified atom stereocenters. The number of fused-ring (bicyclic) bond motifs is 4. The van der Waals surface area contributed by atoms with E-state index in [2.05, 4.69) is 155 Å². The third-order valence-electron chi connectivity index (χ3n) is 12.1. The number of hydrogen-bond donors (Lipinski definition) is 1. The van der Waals surface area contributed by atoms with Crippen LogP contribution in [0.4, 0.5) is 0 Å². The number of hydrogen-bond acceptors (Lipinski definition) is 4. The standard InChI is InChI=1S/C33H38NSSi2.C17H32O2.Ir/c1-36(2,3)29-20-25(18-24-14-10-11-15-26(24)29)32-33-31(30(21-34-32)37(4,5)6)27-17-16-23(19-28(27)35-33)22-12-8-7-9-13-22;1-10(2)16(11(3)4)14(18)9-15(19)17(12(5)6)13(7)8;/h10-11,14-17,19-22H,7-9,12-13H2,1-6H3;9-13,16-18H,1-8H3;/q-1;;/b;14-9-;. The predicted octanol–water partition coefficient (Wildman–Crippen LogP) is 14.1. The van der Waals surface area contributed by atoms with Gasteiger partial charge in [0.1, 0.15) is 0 Å². The Balaban J connectivity index is 0.000000309. The number of allylic oxidation sites excluding steroid dienone is 2. The summed E-state index contributed by atoms with van der Waals surface area (Å²) in [5.74, 6) is 2.36. The molecule has 3 nitrogen and oxygen atoms in total. The van der Waals surface area contributed by atoms with Crippen LogP contribution < -0.4 is 10.4 Å². The molecule has 311 valence electrons. The monoisotopic (exact) mass is 997 g/mol. The van der Waals surface area contributed by atoms with E-state index in [1.54, 1.807) is 5.56 Å². The first-order valence-electron chi connectivity index (χ1n) is 21.5. The zero-order valence-corrected chi connectivity index (χ0v) is 42.6. The number of rotatable bonds is 11. The number of pyridine rings is 1. The SMILES string of the molecule is CC(C)C(C(=O)/C=C(\O)C(C(C)C)C(C)C)C(C)C.C[Si](C)(C)c1cc(-c2ncc([Si](C)(C)C)c3c2sc2cc(C4CCCCC4)ccc23)[c-]c2ccccc12.[Ir]. The Labute approximate surface area is 364 Å². The molecule has 1 N–H and O–H groups in total. The molecule has 6 rings (SSSR count). The molecule has 1 fully saturated rings. The van der Waals surface area contributed by atoms with E-state index in [1.807, 2.05) is 11.3 Å².